The van der Waals surface area contributed by atoms with Gasteiger partial charge in [0.15, 0.2) is 0 Å². The van der Waals surface area contributed by atoms with Crippen LogP contribution in [-0.2, 0) is 21.6 Å². The molecule has 174 valence electrons. The number of nitrogens with zero attached hydrogens (tertiary/aromatic N) is 4. The van der Waals surface area contributed by atoms with Gasteiger partial charge >= 0.3 is 5.13 Å². The van der Waals surface area contributed by atoms with Gasteiger partial charge in [-0.2, -0.15) is 0 Å². The minimum absolute atomic E-state index is 0.141. The lowest BCUT2D eigenvalue weighted by molar-refractivity contribution is -0.627. The molecule has 1 heterocycles. The van der Waals surface area contributed by atoms with Crippen molar-refractivity contribution in [2.75, 3.05) is 38.8 Å². The lowest BCUT2D eigenvalue weighted by Crippen LogP contribution is -2.25. The summed E-state index contributed by atoms with van der Waals surface area (Å²) >= 11 is 1.58. The zero-order chi connectivity index (χ0) is 23.7. The number of aromatic nitrogens is 1. The van der Waals surface area contributed by atoms with E-state index in [4.69, 9.17) is 9.84 Å². The molecule has 0 saturated heterocycles. The molecule has 1 N–H and O–H groups in total. The van der Waals surface area contributed by atoms with Crippen LogP contribution in [0.25, 0.3) is 10.2 Å². The minimum atomic E-state index is -4.41. The van der Waals surface area contributed by atoms with Crippen molar-refractivity contribution in [3.05, 3.63) is 42.5 Å². The van der Waals surface area contributed by atoms with Crippen LogP contribution in [-0.4, -0.2) is 52.0 Å². The Labute approximate surface area is 191 Å². The van der Waals surface area contributed by atoms with E-state index >= 15 is 0 Å². The second kappa shape index (κ2) is 11.8. The maximum atomic E-state index is 9.22. The summed E-state index contributed by atoms with van der Waals surface area (Å²) < 4.78 is 39.4. The van der Waals surface area contributed by atoms with E-state index in [-0.39, 0.29) is 6.61 Å². The van der Waals surface area contributed by atoms with Crippen LogP contribution in [0.5, 0.6) is 5.75 Å². The van der Waals surface area contributed by atoms with Crippen LogP contribution in [0.2, 0.25) is 0 Å². The van der Waals surface area contributed by atoms with Gasteiger partial charge in [-0.15, -0.1) is 0 Å². The number of azo groups is 1. The fraction of sp³-hybridized carbons (Fsp3) is 0.350. The smallest absolute Gasteiger partial charge is 0.409 e. The predicted molar refractivity (Wildman–Crippen MR) is 122 cm³/mol. The Bertz CT molecular complexity index is 1150. The number of aliphatic hydroxyl groups excluding tert-OH is 1. The molecule has 0 atom stereocenters. The highest BCUT2D eigenvalue weighted by molar-refractivity contribution is 7.80. The molecular weight excluding hydrogens is 456 g/mol. The zero-order valence-corrected chi connectivity index (χ0v) is 19.9. The third-order valence-corrected chi connectivity index (χ3v) is 5.93. The molecule has 32 heavy (non-hydrogen) atoms. The van der Waals surface area contributed by atoms with Gasteiger partial charge in [0.2, 0.25) is 10.4 Å². The first kappa shape index (κ1) is 25.6. The lowest BCUT2D eigenvalue weighted by Gasteiger charge is -2.21. The Morgan fingerprint density at radius 2 is 1.81 bits per heavy atom. The third-order valence-electron chi connectivity index (χ3n) is 4.44. The van der Waals surface area contributed by atoms with Crippen molar-refractivity contribution in [1.29, 1.82) is 0 Å². The van der Waals surface area contributed by atoms with Gasteiger partial charge in [-0.3, -0.25) is 4.18 Å². The van der Waals surface area contributed by atoms with Crippen LogP contribution in [0, 0.1) is 0 Å². The highest BCUT2D eigenvalue weighted by Gasteiger charge is 2.16. The number of methoxy groups -OCH3 is 1. The third kappa shape index (κ3) is 7.21. The van der Waals surface area contributed by atoms with Crippen molar-refractivity contribution < 1.29 is 31.6 Å². The number of benzene rings is 2. The van der Waals surface area contributed by atoms with E-state index in [2.05, 4.69) is 26.2 Å². The minimum Gasteiger partial charge on any atom is -0.726 e. The van der Waals surface area contributed by atoms with Crippen molar-refractivity contribution in [3.63, 3.8) is 0 Å². The van der Waals surface area contributed by atoms with E-state index in [9.17, 15) is 13.0 Å². The van der Waals surface area contributed by atoms with Gasteiger partial charge in [0, 0.05) is 24.8 Å². The van der Waals surface area contributed by atoms with E-state index in [0.29, 0.717) is 6.54 Å². The monoisotopic (exact) mass is 482 g/mol. The van der Waals surface area contributed by atoms with Crippen LogP contribution < -0.4 is 14.2 Å². The first-order valence-electron chi connectivity index (χ1n) is 9.58. The van der Waals surface area contributed by atoms with Crippen molar-refractivity contribution in [3.8, 4) is 5.75 Å². The van der Waals surface area contributed by atoms with Gasteiger partial charge in [0.1, 0.15) is 17.0 Å². The summed E-state index contributed by atoms with van der Waals surface area (Å²) in [5.74, 6) is 0.835. The molecule has 0 saturated carbocycles. The Balaban J connectivity index is 0.000000534. The van der Waals surface area contributed by atoms with Crippen molar-refractivity contribution in [1.82, 2.24) is 0 Å². The average Bonchev–Trinajstić information content (AvgIpc) is 3.11. The quantitative estimate of drug-likeness (QED) is 0.226. The SMILES string of the molecule is CCN(CCO)c1ccc(/N=N/c2sc3cc(OC)ccc3[n+]2C)cc1.COS(=O)(=O)[O-]. The standard InChI is InChI=1S/C19H23N4O2S.CH4O4S/c1-4-23(11-12-24)15-7-5-14(6-8-15)20-21-19-22(2)17-10-9-16(25-3)13-18(17)26-19;1-5-6(2,3)4/h5-10,13,24H,4,11-12H2,1-3H3;1H3,(H,2,3,4)/q+1;/p-1. The number of thiazole rings is 1. The van der Waals surface area contributed by atoms with E-state index < -0.39 is 10.4 Å². The van der Waals surface area contributed by atoms with E-state index in [1.807, 2.05) is 54.1 Å². The molecule has 0 bridgehead atoms. The molecular formula is C20H26N4O6S2. The number of hydrogen-bond donors (Lipinski definition) is 1. The normalized spacial score (nSPS) is 11.4. The highest BCUT2D eigenvalue weighted by atomic mass is 32.3. The summed E-state index contributed by atoms with van der Waals surface area (Å²) in [4.78, 5) is 2.11. The molecule has 3 rings (SSSR count). The molecule has 2 aromatic carbocycles. The second-order valence-corrected chi connectivity index (χ2v) is 8.53. The number of likely N-dealkylation sites (N-methyl/N-ethyl adjacent to an activating group) is 1. The molecule has 3 aromatic rings. The predicted octanol–water partition coefficient (Wildman–Crippen LogP) is 3.06. The number of anilines is 1. The molecule has 10 nitrogen and oxygen atoms in total. The van der Waals surface area contributed by atoms with Gasteiger partial charge in [-0.25, -0.2) is 13.0 Å². The maximum absolute atomic E-state index is 9.22. The zero-order valence-electron chi connectivity index (χ0n) is 18.3. The number of rotatable bonds is 8. The van der Waals surface area contributed by atoms with Gasteiger partial charge in [0.25, 0.3) is 0 Å². The van der Waals surface area contributed by atoms with Crippen molar-refractivity contribution in [2.24, 2.45) is 17.3 Å². The maximum Gasteiger partial charge on any atom is 0.409 e. The first-order valence-corrected chi connectivity index (χ1v) is 11.7. The topological polar surface area (TPSA) is 128 Å². The summed E-state index contributed by atoms with van der Waals surface area (Å²) in [6.45, 7) is 3.68. The van der Waals surface area contributed by atoms with Crippen LogP contribution in [0.3, 0.4) is 0 Å². The molecule has 0 aliphatic heterocycles. The summed E-state index contributed by atoms with van der Waals surface area (Å²) in [7, 11) is 0.0447. The molecule has 1 aromatic heterocycles. The summed E-state index contributed by atoms with van der Waals surface area (Å²) in [5, 5.41) is 18.7. The van der Waals surface area contributed by atoms with Crippen molar-refractivity contribution >= 4 is 48.5 Å². The van der Waals surface area contributed by atoms with Gasteiger partial charge in [-0.1, -0.05) is 0 Å². The van der Waals surface area contributed by atoms with Crippen molar-refractivity contribution in [2.45, 2.75) is 6.92 Å². The molecule has 0 spiro atoms. The molecule has 0 amide bonds. The number of aliphatic hydroxyl groups is 1. The first-order chi connectivity index (χ1) is 15.2. The molecule has 0 unspecified atom stereocenters. The Kier molecular flexibility index (Phi) is 9.47. The molecule has 0 aliphatic rings. The Morgan fingerprint density at radius 3 is 2.34 bits per heavy atom. The summed E-state index contributed by atoms with van der Waals surface area (Å²) in [5.41, 5.74) is 2.96. The Morgan fingerprint density at radius 1 is 1.16 bits per heavy atom. The molecule has 12 heteroatoms. The van der Waals surface area contributed by atoms with E-state index in [1.165, 1.54) is 0 Å². The van der Waals surface area contributed by atoms with E-state index in [1.54, 1.807) is 18.4 Å². The second-order valence-electron chi connectivity index (χ2n) is 6.37. The van der Waals surface area contributed by atoms with Crippen LogP contribution in [0.4, 0.5) is 16.5 Å². The lowest BCUT2D eigenvalue weighted by atomic mass is 10.2. The fourth-order valence-electron chi connectivity index (χ4n) is 2.76. The number of hydrogen-bond acceptors (Lipinski definition) is 10. The van der Waals surface area contributed by atoms with Crippen LogP contribution in [0.15, 0.2) is 52.7 Å². The Hall–Kier alpha value is -2.64. The number of ether oxygens (including phenoxy) is 1. The summed E-state index contributed by atoms with van der Waals surface area (Å²) in [6.07, 6.45) is 0. The summed E-state index contributed by atoms with van der Waals surface area (Å²) in [6, 6.07) is 13.9. The highest BCUT2D eigenvalue weighted by Crippen LogP contribution is 2.30. The van der Waals surface area contributed by atoms with Gasteiger partial charge < -0.3 is 19.3 Å². The van der Waals surface area contributed by atoms with E-state index in [0.717, 1.165) is 46.1 Å². The van der Waals surface area contributed by atoms with Gasteiger partial charge in [0.05, 0.1) is 37.7 Å². The van der Waals surface area contributed by atoms with Crippen LogP contribution in [0.1, 0.15) is 6.92 Å². The van der Waals surface area contributed by atoms with Crippen LogP contribution >= 0.6 is 11.3 Å². The molecule has 0 fully saturated rings. The number of fused-ring (bicyclic) bond motifs is 1. The largest absolute Gasteiger partial charge is 0.726 e. The fourth-order valence-corrected chi connectivity index (χ4v) is 3.76. The number of aryl methyl sites for hydroxylation is 1. The van der Waals surface area contributed by atoms with Gasteiger partial charge in [-0.05, 0) is 59.8 Å². The average molecular weight is 483 g/mol. The molecule has 0 radical (unpaired) electrons. The molecule has 0 aliphatic carbocycles.